The van der Waals surface area contributed by atoms with E-state index in [4.69, 9.17) is 0 Å². The molecule has 0 bridgehead atoms. The first-order chi connectivity index (χ1) is 3.97. The van der Waals surface area contributed by atoms with Gasteiger partial charge in [-0.15, -0.1) is 0 Å². The van der Waals surface area contributed by atoms with Crippen molar-refractivity contribution in [1.29, 1.82) is 0 Å². The number of aromatic amines is 1. The van der Waals surface area contributed by atoms with Gasteiger partial charge in [0.2, 0.25) is 5.65 Å². The lowest BCUT2D eigenvalue weighted by Gasteiger charge is -1.57. The zero-order valence-corrected chi connectivity index (χ0v) is 3.83. The molecule has 1 N–H and O–H groups in total. The zero-order valence-electron chi connectivity index (χ0n) is 3.83. The van der Waals surface area contributed by atoms with Crippen molar-refractivity contribution >= 4 is 11.4 Å². The number of aromatic nitrogens is 4. The molecule has 2 aromatic heterocycles. The van der Waals surface area contributed by atoms with Gasteiger partial charge in [-0.3, -0.25) is 0 Å². The Bertz CT molecular complexity index is 233. The van der Waals surface area contributed by atoms with Crippen LogP contribution in [-0.4, -0.2) is 20.3 Å². The number of imidazole rings is 1. The first-order valence-electron chi connectivity index (χ1n) is 2.08. The molecule has 0 saturated carbocycles. The number of hydrogen-bond acceptors (Lipinski definition) is 4. The van der Waals surface area contributed by atoms with Crippen LogP contribution in [0.2, 0.25) is 0 Å². The lowest BCUT2D eigenvalue weighted by atomic mass is 10.8. The minimum absolute atomic E-state index is 0.449. The summed E-state index contributed by atoms with van der Waals surface area (Å²) < 4.78 is 4.55. The molecule has 5 heteroatoms. The molecule has 0 atom stereocenters. The molecule has 8 heavy (non-hydrogen) atoms. The van der Waals surface area contributed by atoms with Gasteiger partial charge in [-0.2, -0.15) is 4.98 Å². The van der Waals surface area contributed by atoms with Crippen LogP contribution < -0.4 is 0 Å². The van der Waals surface area contributed by atoms with E-state index in [2.05, 4.69) is 24.9 Å². The molecule has 2 rings (SSSR count). The van der Waals surface area contributed by atoms with Crippen molar-refractivity contribution in [2.75, 3.05) is 0 Å². The van der Waals surface area contributed by atoms with E-state index in [1.54, 1.807) is 0 Å². The van der Waals surface area contributed by atoms with Crippen molar-refractivity contribution in [2.24, 2.45) is 0 Å². The van der Waals surface area contributed by atoms with E-state index in [1.807, 2.05) is 0 Å². The molecule has 40 valence electrons. The maximum absolute atomic E-state index is 4.55. The fraction of sp³-hybridized carbons (Fsp3) is 0. The summed E-state index contributed by atoms with van der Waals surface area (Å²) in [5.41, 5.74) is 1.04. The topological polar surface area (TPSA) is 67.6 Å². The molecule has 0 aliphatic rings. The van der Waals surface area contributed by atoms with Gasteiger partial charge in [-0.1, -0.05) is 5.10 Å². The van der Waals surface area contributed by atoms with Crippen LogP contribution in [0.15, 0.2) is 10.9 Å². The van der Waals surface area contributed by atoms with E-state index < -0.39 is 0 Å². The average molecular weight is 110 g/mol. The first-order valence-corrected chi connectivity index (χ1v) is 2.08. The number of nitrogens with zero attached hydrogens (tertiary/aromatic N) is 3. The summed E-state index contributed by atoms with van der Waals surface area (Å²) in [5, 5.41) is 6.79. The Morgan fingerprint density at radius 2 is 2.62 bits per heavy atom. The van der Waals surface area contributed by atoms with Crippen molar-refractivity contribution in [1.82, 2.24) is 20.3 Å². The summed E-state index contributed by atoms with van der Waals surface area (Å²) in [6, 6.07) is 0. The maximum atomic E-state index is 4.55. The Labute approximate surface area is 43.7 Å². The Morgan fingerprint density at radius 3 is 3.50 bits per heavy atom. The standard InChI is InChI=1S/C3H2N4O/c1-4-2-3(5-1)8-7-6-2/h1H,(H,4,5). The van der Waals surface area contributed by atoms with Gasteiger partial charge in [0, 0.05) is 5.27 Å². The normalized spacial score (nSPS) is 10.5. The van der Waals surface area contributed by atoms with Gasteiger partial charge in [0.25, 0.3) is 5.71 Å². The number of rotatable bonds is 0. The molecule has 0 aliphatic heterocycles. The predicted molar refractivity (Wildman–Crippen MR) is 23.9 cm³/mol. The second-order valence-electron chi connectivity index (χ2n) is 1.33. The summed E-state index contributed by atoms with van der Waals surface area (Å²) in [7, 11) is 0. The van der Waals surface area contributed by atoms with E-state index >= 15 is 0 Å². The molecule has 0 radical (unpaired) electrons. The fourth-order valence-electron chi connectivity index (χ4n) is 0.513. The minimum Gasteiger partial charge on any atom is -0.325 e. The highest BCUT2D eigenvalue weighted by Crippen LogP contribution is 1.99. The Kier molecular flexibility index (Phi) is 0.476. The van der Waals surface area contributed by atoms with E-state index in [9.17, 15) is 0 Å². The summed E-state index contributed by atoms with van der Waals surface area (Å²) >= 11 is 0. The highest BCUT2D eigenvalue weighted by molar-refractivity contribution is 5.59. The van der Waals surface area contributed by atoms with Gasteiger partial charge < -0.3 is 9.51 Å². The number of fused-ring (bicyclic) bond motifs is 1. The third-order valence-corrected chi connectivity index (χ3v) is 0.854. The molecule has 0 spiro atoms. The Morgan fingerprint density at radius 1 is 1.62 bits per heavy atom. The number of hydrogen-bond donors (Lipinski definition) is 1. The third kappa shape index (κ3) is 0.281. The van der Waals surface area contributed by atoms with Gasteiger partial charge in [0.15, 0.2) is 0 Å². The smallest absolute Gasteiger partial charge is 0.297 e. The molecule has 0 unspecified atom stereocenters. The molecular weight excluding hydrogens is 108 g/mol. The van der Waals surface area contributed by atoms with Crippen molar-refractivity contribution < 1.29 is 4.52 Å². The Balaban J connectivity index is 3.06. The van der Waals surface area contributed by atoms with E-state index in [-0.39, 0.29) is 0 Å². The highest BCUT2D eigenvalue weighted by atomic mass is 16.5. The Hall–Kier alpha value is -1.39. The molecule has 0 saturated heterocycles. The molecular formula is C3H2N4O. The van der Waals surface area contributed by atoms with Crippen LogP contribution in [0.5, 0.6) is 0 Å². The molecule has 5 nitrogen and oxygen atoms in total. The molecule has 0 aromatic carbocycles. The second-order valence-corrected chi connectivity index (χ2v) is 1.33. The van der Waals surface area contributed by atoms with Gasteiger partial charge in [-0.05, 0) is 0 Å². The lowest BCUT2D eigenvalue weighted by Crippen LogP contribution is -1.64. The lowest BCUT2D eigenvalue weighted by molar-refractivity contribution is 0.417. The molecule has 0 fully saturated rings. The zero-order chi connectivity index (χ0) is 5.40. The SMILES string of the molecule is c1nc2onnc2[nH]1. The summed E-state index contributed by atoms with van der Waals surface area (Å²) in [4.78, 5) is 6.45. The van der Waals surface area contributed by atoms with Crippen LogP contribution in [0.25, 0.3) is 11.4 Å². The third-order valence-electron chi connectivity index (χ3n) is 0.854. The maximum Gasteiger partial charge on any atom is 0.297 e. The minimum atomic E-state index is 0.449. The van der Waals surface area contributed by atoms with Gasteiger partial charge in [-0.25, -0.2) is 0 Å². The van der Waals surface area contributed by atoms with Gasteiger partial charge >= 0.3 is 0 Å². The largest absolute Gasteiger partial charge is 0.325 e. The van der Waals surface area contributed by atoms with Crippen LogP contribution in [0.3, 0.4) is 0 Å². The molecule has 0 aliphatic carbocycles. The highest BCUT2D eigenvalue weighted by Gasteiger charge is 1.97. The predicted octanol–water partition coefficient (Wildman–Crippen LogP) is -0.0541. The monoisotopic (exact) mass is 110 g/mol. The summed E-state index contributed by atoms with van der Waals surface area (Å²) in [6.07, 6.45) is 1.50. The molecule has 2 aromatic rings. The van der Waals surface area contributed by atoms with Gasteiger partial charge in [0.1, 0.15) is 0 Å². The van der Waals surface area contributed by atoms with Crippen molar-refractivity contribution in [2.45, 2.75) is 0 Å². The first kappa shape index (κ1) is 3.59. The number of nitrogens with one attached hydrogen (secondary N) is 1. The summed E-state index contributed by atoms with van der Waals surface area (Å²) in [6.45, 7) is 0. The van der Waals surface area contributed by atoms with Crippen LogP contribution in [0, 0.1) is 0 Å². The fourth-order valence-corrected chi connectivity index (χ4v) is 0.513. The van der Waals surface area contributed by atoms with Crippen LogP contribution in [0.1, 0.15) is 0 Å². The summed E-state index contributed by atoms with van der Waals surface area (Å²) in [5.74, 6) is 0. The van der Waals surface area contributed by atoms with Crippen molar-refractivity contribution in [3.05, 3.63) is 6.33 Å². The quantitative estimate of drug-likeness (QED) is 0.516. The molecule has 2 heterocycles. The van der Waals surface area contributed by atoms with Crippen LogP contribution in [0.4, 0.5) is 0 Å². The average Bonchev–Trinajstić information content (AvgIpc) is 2.15. The second kappa shape index (κ2) is 1.06. The van der Waals surface area contributed by atoms with E-state index in [0.29, 0.717) is 11.4 Å². The number of H-pyrrole nitrogens is 1. The van der Waals surface area contributed by atoms with Crippen LogP contribution in [-0.2, 0) is 0 Å². The van der Waals surface area contributed by atoms with Crippen molar-refractivity contribution in [3.63, 3.8) is 0 Å². The van der Waals surface area contributed by atoms with Crippen molar-refractivity contribution in [3.8, 4) is 0 Å². The van der Waals surface area contributed by atoms with Gasteiger partial charge in [0.05, 0.1) is 6.33 Å². The molecule has 0 amide bonds. The van der Waals surface area contributed by atoms with Crippen LogP contribution >= 0.6 is 0 Å². The van der Waals surface area contributed by atoms with E-state index in [0.717, 1.165) is 0 Å². The van der Waals surface area contributed by atoms with E-state index in [1.165, 1.54) is 6.33 Å².